The number of hydrogen-bond donors (Lipinski definition) is 1. The van der Waals surface area contributed by atoms with E-state index in [1.165, 1.54) is 7.11 Å². The highest BCUT2D eigenvalue weighted by Gasteiger charge is 2.38. The fourth-order valence-electron chi connectivity index (χ4n) is 5.13. The Morgan fingerprint density at radius 1 is 1.26 bits per heavy atom. The first-order chi connectivity index (χ1) is 16.2. The zero-order valence-electron chi connectivity index (χ0n) is 20.2. The molecule has 0 fully saturated rings. The molecule has 3 atom stereocenters. The molecule has 8 heteroatoms. The second-order valence-electron chi connectivity index (χ2n) is 9.09. The standard InChI is InChI=1S/C26H31F2N3O3/c1-14-6-7-18(15(2)24(14)25-16(3)30-31(17(25)4)26(27)28)12-29-20-8-9-21-19(10-23(32)33-5)13-34-22(21)11-20/h6-9,11,17,19,25-26,29H,10,12-13H2,1-5H3/t17?,19-,25?/m1/s1. The number of alkyl halides is 2. The van der Waals surface area contributed by atoms with Crippen molar-refractivity contribution in [3.05, 3.63) is 58.1 Å². The molecule has 2 unspecified atom stereocenters. The van der Waals surface area contributed by atoms with Crippen LogP contribution < -0.4 is 10.1 Å². The molecule has 2 aromatic rings. The summed E-state index contributed by atoms with van der Waals surface area (Å²) in [4.78, 5) is 11.6. The number of anilines is 1. The van der Waals surface area contributed by atoms with Crippen molar-refractivity contribution in [2.45, 2.75) is 65.1 Å². The van der Waals surface area contributed by atoms with Crippen LogP contribution in [0.5, 0.6) is 5.75 Å². The van der Waals surface area contributed by atoms with E-state index in [1.54, 1.807) is 6.92 Å². The fourth-order valence-corrected chi connectivity index (χ4v) is 5.13. The smallest absolute Gasteiger partial charge is 0.329 e. The van der Waals surface area contributed by atoms with Gasteiger partial charge in [-0.15, -0.1) is 0 Å². The predicted molar refractivity (Wildman–Crippen MR) is 128 cm³/mol. The Kier molecular flexibility index (Phi) is 6.77. The zero-order valence-corrected chi connectivity index (χ0v) is 20.2. The molecule has 2 aromatic carbocycles. The lowest BCUT2D eigenvalue weighted by atomic mass is 9.82. The lowest BCUT2D eigenvalue weighted by Gasteiger charge is -2.27. The van der Waals surface area contributed by atoms with Crippen LogP contribution in [0.2, 0.25) is 0 Å². The summed E-state index contributed by atoms with van der Waals surface area (Å²) in [5, 5.41) is 8.49. The van der Waals surface area contributed by atoms with E-state index < -0.39 is 12.6 Å². The average molecular weight is 472 g/mol. The number of hydrogen-bond acceptors (Lipinski definition) is 6. The molecule has 0 radical (unpaired) electrons. The van der Waals surface area contributed by atoms with Crippen LogP contribution in [0.15, 0.2) is 35.4 Å². The lowest BCUT2D eigenvalue weighted by molar-refractivity contribution is -0.141. The molecule has 6 nitrogen and oxygen atoms in total. The number of aryl methyl sites for hydroxylation is 1. The van der Waals surface area contributed by atoms with E-state index in [2.05, 4.69) is 16.5 Å². The largest absolute Gasteiger partial charge is 0.493 e. The lowest BCUT2D eigenvalue weighted by Crippen LogP contribution is -2.33. The summed E-state index contributed by atoms with van der Waals surface area (Å²) in [6, 6.07) is 9.64. The van der Waals surface area contributed by atoms with Gasteiger partial charge in [0.2, 0.25) is 0 Å². The molecule has 2 aliphatic rings. The maximum absolute atomic E-state index is 13.4. The monoisotopic (exact) mass is 471 g/mol. The number of carbonyl (C=O) groups is 1. The molecule has 182 valence electrons. The van der Waals surface area contributed by atoms with Gasteiger partial charge in [-0.1, -0.05) is 18.2 Å². The number of esters is 1. The highest BCUT2D eigenvalue weighted by molar-refractivity contribution is 5.91. The minimum Gasteiger partial charge on any atom is -0.493 e. The number of carbonyl (C=O) groups excluding carboxylic acids is 1. The van der Waals surface area contributed by atoms with E-state index in [0.717, 1.165) is 44.3 Å². The van der Waals surface area contributed by atoms with E-state index >= 15 is 0 Å². The van der Waals surface area contributed by atoms with E-state index in [1.807, 2.05) is 45.0 Å². The van der Waals surface area contributed by atoms with Crippen molar-refractivity contribution in [3.8, 4) is 5.75 Å². The van der Waals surface area contributed by atoms with Crippen LogP contribution in [0.3, 0.4) is 0 Å². The van der Waals surface area contributed by atoms with E-state index in [4.69, 9.17) is 9.47 Å². The van der Waals surface area contributed by atoms with Gasteiger partial charge in [0, 0.05) is 41.4 Å². The van der Waals surface area contributed by atoms with Gasteiger partial charge in [0.25, 0.3) is 0 Å². The Morgan fingerprint density at radius 3 is 2.71 bits per heavy atom. The minimum absolute atomic E-state index is 0.00418. The quantitative estimate of drug-likeness (QED) is 0.436. The Labute approximate surface area is 198 Å². The van der Waals surface area contributed by atoms with Crippen LogP contribution in [0.25, 0.3) is 0 Å². The number of methoxy groups -OCH3 is 1. The van der Waals surface area contributed by atoms with Crippen molar-refractivity contribution in [3.63, 3.8) is 0 Å². The SMILES string of the molecule is COC(=O)C[C@@H]1COc2cc(NCc3ccc(C)c(C4C(C)=NN(C(F)F)C4C)c3C)ccc21. The number of nitrogens with one attached hydrogen (secondary N) is 1. The summed E-state index contributed by atoms with van der Waals surface area (Å²) in [5.41, 5.74) is 6.96. The number of halogens is 2. The van der Waals surface area contributed by atoms with E-state index in [-0.39, 0.29) is 17.8 Å². The van der Waals surface area contributed by atoms with Crippen molar-refractivity contribution in [2.24, 2.45) is 5.10 Å². The maximum atomic E-state index is 13.4. The van der Waals surface area contributed by atoms with Crippen molar-refractivity contribution in [1.29, 1.82) is 0 Å². The Morgan fingerprint density at radius 2 is 2.03 bits per heavy atom. The summed E-state index contributed by atoms with van der Waals surface area (Å²) in [6.07, 6.45) is 0.299. The molecule has 0 amide bonds. The molecule has 0 aliphatic carbocycles. The Bertz CT molecular complexity index is 1120. The highest BCUT2D eigenvalue weighted by Crippen LogP contribution is 2.39. The third kappa shape index (κ3) is 4.45. The van der Waals surface area contributed by atoms with Gasteiger partial charge in [0.05, 0.1) is 26.2 Å². The summed E-state index contributed by atoms with van der Waals surface area (Å²) < 4.78 is 37.4. The highest BCUT2D eigenvalue weighted by atomic mass is 19.3. The first kappa shape index (κ1) is 24.0. The third-order valence-electron chi connectivity index (χ3n) is 7.00. The van der Waals surface area contributed by atoms with Crippen molar-refractivity contribution >= 4 is 17.4 Å². The van der Waals surface area contributed by atoms with Gasteiger partial charge >= 0.3 is 12.5 Å². The van der Waals surface area contributed by atoms with Crippen LogP contribution in [-0.4, -0.2) is 43.0 Å². The first-order valence-electron chi connectivity index (χ1n) is 11.5. The van der Waals surface area contributed by atoms with Gasteiger partial charge in [-0.2, -0.15) is 13.9 Å². The summed E-state index contributed by atoms with van der Waals surface area (Å²) in [5.74, 6) is 0.361. The summed E-state index contributed by atoms with van der Waals surface area (Å²) in [7, 11) is 1.39. The molecule has 0 saturated carbocycles. The molecule has 1 N–H and O–H groups in total. The maximum Gasteiger partial charge on any atom is 0.329 e. The molecule has 0 spiro atoms. The van der Waals surface area contributed by atoms with Gasteiger partial charge < -0.3 is 14.8 Å². The number of fused-ring (bicyclic) bond motifs is 1. The summed E-state index contributed by atoms with van der Waals surface area (Å²) in [6.45, 7) is 6.13. The molecule has 2 heterocycles. The van der Waals surface area contributed by atoms with Crippen LogP contribution >= 0.6 is 0 Å². The van der Waals surface area contributed by atoms with E-state index in [0.29, 0.717) is 25.3 Å². The molecule has 2 aliphatic heterocycles. The van der Waals surface area contributed by atoms with Crippen molar-refractivity contribution in [2.75, 3.05) is 19.0 Å². The minimum atomic E-state index is -2.62. The van der Waals surface area contributed by atoms with Gasteiger partial charge in [-0.3, -0.25) is 4.79 Å². The molecular formula is C26H31F2N3O3. The van der Waals surface area contributed by atoms with Crippen LogP contribution in [0.1, 0.15) is 59.9 Å². The van der Waals surface area contributed by atoms with Crippen LogP contribution in [0.4, 0.5) is 14.5 Å². The number of nitrogens with zero attached hydrogens (tertiary/aromatic N) is 2. The second kappa shape index (κ2) is 9.60. The zero-order chi connectivity index (χ0) is 24.6. The van der Waals surface area contributed by atoms with Gasteiger partial charge in [0.1, 0.15) is 5.75 Å². The van der Waals surface area contributed by atoms with Gasteiger partial charge in [0.15, 0.2) is 0 Å². The van der Waals surface area contributed by atoms with Crippen LogP contribution in [0, 0.1) is 13.8 Å². The molecule has 0 saturated heterocycles. The molecular weight excluding hydrogens is 440 g/mol. The van der Waals surface area contributed by atoms with Crippen LogP contribution in [-0.2, 0) is 16.1 Å². The second-order valence-corrected chi connectivity index (χ2v) is 9.09. The topological polar surface area (TPSA) is 63.2 Å². The van der Waals surface area contributed by atoms with E-state index in [9.17, 15) is 13.6 Å². The first-order valence-corrected chi connectivity index (χ1v) is 11.5. The number of ether oxygens (including phenoxy) is 2. The molecule has 0 bridgehead atoms. The Hall–Kier alpha value is -3.16. The van der Waals surface area contributed by atoms with Crippen molar-refractivity contribution < 1.29 is 23.0 Å². The third-order valence-corrected chi connectivity index (χ3v) is 7.00. The summed E-state index contributed by atoms with van der Waals surface area (Å²) >= 11 is 0. The molecule has 0 aromatic heterocycles. The normalized spacial score (nSPS) is 21.4. The fraction of sp³-hybridized carbons (Fsp3) is 0.462. The number of benzene rings is 2. The molecule has 34 heavy (non-hydrogen) atoms. The van der Waals surface area contributed by atoms with Gasteiger partial charge in [-0.05, 0) is 56.0 Å². The molecule has 4 rings (SSSR count). The number of rotatable bonds is 7. The van der Waals surface area contributed by atoms with Gasteiger partial charge in [-0.25, -0.2) is 5.01 Å². The average Bonchev–Trinajstić information content (AvgIpc) is 3.33. The van der Waals surface area contributed by atoms with Crippen molar-refractivity contribution in [1.82, 2.24) is 5.01 Å². The Balaban J connectivity index is 1.51. The number of hydrazone groups is 1. The predicted octanol–water partition coefficient (Wildman–Crippen LogP) is 5.34.